The Morgan fingerprint density at radius 1 is 0.515 bits per heavy atom. The van der Waals surface area contributed by atoms with Crippen LogP contribution in [0.15, 0.2) is 24.3 Å². The third-order valence-electron chi connectivity index (χ3n) is 10.3. The Kier molecular flexibility index (Phi) is 10.2. The van der Waals surface area contributed by atoms with Crippen molar-refractivity contribution < 1.29 is 0 Å². The molecule has 0 nitrogen and oxygen atoms in total. The lowest BCUT2D eigenvalue weighted by Gasteiger charge is -2.32. The average molecular weight is 451 g/mol. The van der Waals surface area contributed by atoms with Gasteiger partial charge in [0.1, 0.15) is 0 Å². The summed E-state index contributed by atoms with van der Waals surface area (Å²) >= 11 is 0. The third kappa shape index (κ3) is 7.86. The van der Waals surface area contributed by atoms with Crippen LogP contribution in [-0.4, -0.2) is 0 Å². The molecule has 3 fully saturated rings. The van der Waals surface area contributed by atoms with E-state index in [2.05, 4.69) is 38.1 Å². The van der Waals surface area contributed by atoms with Crippen molar-refractivity contribution in [3.05, 3.63) is 35.4 Å². The Balaban J connectivity index is 1.10. The van der Waals surface area contributed by atoms with Crippen LogP contribution in [0.5, 0.6) is 0 Å². The Morgan fingerprint density at radius 2 is 0.970 bits per heavy atom. The molecule has 0 aliphatic heterocycles. The quantitative estimate of drug-likeness (QED) is 0.332. The van der Waals surface area contributed by atoms with Gasteiger partial charge in [-0.15, -0.1) is 0 Å². The molecule has 0 heteroatoms. The van der Waals surface area contributed by atoms with E-state index in [4.69, 9.17) is 0 Å². The Hall–Kier alpha value is -0.780. The number of aryl methyl sites for hydroxylation is 1. The second-order valence-electron chi connectivity index (χ2n) is 12.5. The van der Waals surface area contributed by atoms with Crippen molar-refractivity contribution in [2.24, 2.45) is 29.6 Å². The van der Waals surface area contributed by atoms with Gasteiger partial charge in [0, 0.05) is 0 Å². The zero-order chi connectivity index (χ0) is 22.9. The smallest absolute Gasteiger partial charge is 0.0162 e. The van der Waals surface area contributed by atoms with Gasteiger partial charge in [0.2, 0.25) is 0 Å². The Morgan fingerprint density at radius 3 is 1.48 bits per heavy atom. The monoisotopic (exact) mass is 450 g/mol. The van der Waals surface area contributed by atoms with Gasteiger partial charge in [-0.2, -0.15) is 0 Å². The highest BCUT2D eigenvalue weighted by molar-refractivity contribution is 5.26. The predicted molar refractivity (Wildman–Crippen MR) is 145 cm³/mol. The normalized spacial score (nSPS) is 33.2. The topological polar surface area (TPSA) is 0 Å². The fourth-order valence-electron chi connectivity index (χ4n) is 7.73. The summed E-state index contributed by atoms with van der Waals surface area (Å²) in [6.07, 6.45) is 28.0. The van der Waals surface area contributed by atoms with Crippen molar-refractivity contribution in [3.63, 3.8) is 0 Å². The van der Waals surface area contributed by atoms with Crippen LogP contribution in [0.25, 0.3) is 0 Å². The van der Waals surface area contributed by atoms with Crippen LogP contribution in [0.3, 0.4) is 0 Å². The van der Waals surface area contributed by atoms with E-state index in [9.17, 15) is 0 Å². The second-order valence-corrected chi connectivity index (χ2v) is 12.5. The number of benzene rings is 1. The van der Waals surface area contributed by atoms with Crippen molar-refractivity contribution >= 4 is 0 Å². The molecule has 0 spiro atoms. The highest BCUT2D eigenvalue weighted by Gasteiger charge is 2.25. The summed E-state index contributed by atoms with van der Waals surface area (Å²) in [5.41, 5.74) is 3.21. The van der Waals surface area contributed by atoms with Crippen molar-refractivity contribution in [2.75, 3.05) is 0 Å². The first-order valence-electron chi connectivity index (χ1n) is 15.3. The summed E-state index contributed by atoms with van der Waals surface area (Å²) in [6, 6.07) is 9.88. The molecule has 3 aliphatic rings. The maximum atomic E-state index is 2.48. The molecule has 0 saturated heterocycles. The fourth-order valence-corrected chi connectivity index (χ4v) is 7.73. The van der Waals surface area contributed by atoms with E-state index in [0.29, 0.717) is 0 Å². The highest BCUT2D eigenvalue weighted by atomic mass is 14.3. The summed E-state index contributed by atoms with van der Waals surface area (Å²) in [4.78, 5) is 0. The van der Waals surface area contributed by atoms with Crippen LogP contribution in [0.1, 0.15) is 146 Å². The zero-order valence-electron chi connectivity index (χ0n) is 22.2. The lowest BCUT2D eigenvalue weighted by atomic mass is 9.74. The molecule has 0 radical (unpaired) electrons. The molecule has 0 bridgehead atoms. The molecule has 1 aromatic rings. The van der Waals surface area contributed by atoms with Gasteiger partial charge < -0.3 is 0 Å². The van der Waals surface area contributed by atoms with Gasteiger partial charge in [-0.3, -0.25) is 0 Å². The molecule has 0 atom stereocenters. The minimum absolute atomic E-state index is 0.837. The number of hydrogen-bond donors (Lipinski definition) is 0. The van der Waals surface area contributed by atoms with E-state index in [-0.39, 0.29) is 0 Å². The van der Waals surface area contributed by atoms with Gasteiger partial charge in [0.15, 0.2) is 0 Å². The summed E-state index contributed by atoms with van der Waals surface area (Å²) in [5, 5.41) is 0. The van der Waals surface area contributed by atoms with Crippen molar-refractivity contribution in [1.82, 2.24) is 0 Å². The minimum Gasteiger partial charge on any atom is -0.0654 e. The van der Waals surface area contributed by atoms with Crippen LogP contribution in [0.4, 0.5) is 0 Å². The Labute approximate surface area is 206 Å². The van der Waals surface area contributed by atoms with Gasteiger partial charge in [-0.05, 0) is 85.2 Å². The first kappa shape index (κ1) is 25.3. The van der Waals surface area contributed by atoms with Crippen LogP contribution in [0.2, 0.25) is 0 Å². The summed E-state index contributed by atoms with van der Waals surface area (Å²) in [6.45, 7) is 4.73. The molecule has 0 aromatic heterocycles. The first-order valence-corrected chi connectivity index (χ1v) is 15.3. The minimum atomic E-state index is 0.837. The SMILES string of the molecule is CCCC1CCC(c2ccc(CCC3CCC(CCC4CCC(CC)CC4)CC3)cc2)CC1. The maximum absolute atomic E-state index is 2.48. The van der Waals surface area contributed by atoms with Crippen LogP contribution < -0.4 is 0 Å². The van der Waals surface area contributed by atoms with E-state index in [1.54, 1.807) is 17.5 Å². The van der Waals surface area contributed by atoms with E-state index >= 15 is 0 Å². The lowest BCUT2D eigenvalue weighted by molar-refractivity contribution is 0.212. The lowest BCUT2D eigenvalue weighted by Crippen LogP contribution is -2.18. The molecule has 3 aliphatic carbocycles. The van der Waals surface area contributed by atoms with Crippen molar-refractivity contribution in [3.8, 4) is 0 Å². The average Bonchev–Trinajstić information content (AvgIpc) is 2.88. The molecule has 0 unspecified atom stereocenters. The Bertz CT molecular complexity index is 633. The molecule has 3 saturated carbocycles. The van der Waals surface area contributed by atoms with Crippen LogP contribution in [-0.2, 0) is 6.42 Å². The van der Waals surface area contributed by atoms with Crippen molar-refractivity contribution in [2.45, 2.75) is 142 Å². The third-order valence-corrected chi connectivity index (χ3v) is 10.3. The highest BCUT2D eigenvalue weighted by Crippen LogP contribution is 2.39. The zero-order valence-corrected chi connectivity index (χ0v) is 22.2. The molecular weight excluding hydrogens is 396 g/mol. The molecule has 1 aromatic carbocycles. The molecule has 4 rings (SSSR count). The molecule has 0 amide bonds. The van der Waals surface area contributed by atoms with E-state index in [1.807, 2.05) is 0 Å². The van der Waals surface area contributed by atoms with Crippen LogP contribution >= 0.6 is 0 Å². The molecular formula is C33H54. The van der Waals surface area contributed by atoms with Gasteiger partial charge in [-0.25, -0.2) is 0 Å². The predicted octanol–water partition coefficient (Wildman–Crippen LogP) is 10.5. The first-order chi connectivity index (χ1) is 16.2. The summed E-state index contributed by atoms with van der Waals surface area (Å²) < 4.78 is 0. The summed E-state index contributed by atoms with van der Waals surface area (Å²) in [5.74, 6) is 6.02. The second kappa shape index (κ2) is 13.3. The van der Waals surface area contributed by atoms with Gasteiger partial charge >= 0.3 is 0 Å². The molecule has 33 heavy (non-hydrogen) atoms. The van der Waals surface area contributed by atoms with Gasteiger partial charge in [0.25, 0.3) is 0 Å². The van der Waals surface area contributed by atoms with Crippen LogP contribution in [0, 0.1) is 29.6 Å². The van der Waals surface area contributed by atoms with Crippen molar-refractivity contribution in [1.29, 1.82) is 0 Å². The van der Waals surface area contributed by atoms with Gasteiger partial charge in [-0.1, -0.05) is 122 Å². The number of hydrogen-bond acceptors (Lipinski definition) is 0. The van der Waals surface area contributed by atoms with E-state index in [0.717, 1.165) is 35.5 Å². The molecule has 0 N–H and O–H groups in total. The standard InChI is InChI=1S/C33H54/c1-3-5-27-18-22-32(23-19-27)33-24-20-31(21-25-33)17-16-30-14-12-29(13-15-30)11-10-28-8-6-26(4-2)7-9-28/h20-21,24-30,32H,3-19,22-23H2,1-2H3. The maximum Gasteiger partial charge on any atom is -0.0162 e. The largest absolute Gasteiger partial charge is 0.0654 e. The molecule has 0 heterocycles. The molecule has 186 valence electrons. The van der Waals surface area contributed by atoms with Gasteiger partial charge in [0.05, 0.1) is 0 Å². The van der Waals surface area contributed by atoms with E-state index < -0.39 is 0 Å². The fraction of sp³-hybridized carbons (Fsp3) is 0.818. The van der Waals surface area contributed by atoms with E-state index in [1.165, 1.54) is 116 Å². The summed E-state index contributed by atoms with van der Waals surface area (Å²) in [7, 11) is 0. The number of rotatable bonds is 10.